The summed E-state index contributed by atoms with van der Waals surface area (Å²) in [6.45, 7) is 6.74. The van der Waals surface area contributed by atoms with Gasteiger partial charge in [0.05, 0.1) is 5.75 Å². The lowest BCUT2D eigenvalue weighted by Crippen LogP contribution is -2.08. The zero-order valence-corrected chi connectivity index (χ0v) is 15.8. The average molecular weight is 354 g/mol. The van der Waals surface area contributed by atoms with Crippen LogP contribution in [0.5, 0.6) is 0 Å². The number of ketones is 1. The maximum Gasteiger partial charge on any atom is 0.191 e. The lowest BCUT2D eigenvalue weighted by molar-refractivity contribution is 0.102. The second-order valence-electron chi connectivity index (χ2n) is 6.16. The van der Waals surface area contributed by atoms with E-state index in [9.17, 15) is 4.79 Å². The molecule has 0 radical (unpaired) electrons. The van der Waals surface area contributed by atoms with Gasteiger partial charge in [-0.05, 0) is 32.4 Å². The number of hydrogen-bond acceptors (Lipinski definition) is 4. The molecule has 0 atom stereocenters. The molecule has 0 saturated heterocycles. The van der Waals surface area contributed by atoms with E-state index in [4.69, 9.17) is 0 Å². The van der Waals surface area contributed by atoms with Crippen LogP contribution in [0.15, 0.2) is 41.6 Å². The minimum Gasteiger partial charge on any atom is -0.344 e. The van der Waals surface area contributed by atoms with E-state index in [1.807, 2.05) is 56.7 Å². The maximum atomic E-state index is 12.7. The van der Waals surface area contributed by atoms with E-state index in [2.05, 4.69) is 26.9 Å². The molecule has 0 aliphatic rings. The van der Waals surface area contributed by atoms with E-state index in [-0.39, 0.29) is 5.78 Å². The van der Waals surface area contributed by atoms with Crippen molar-refractivity contribution in [2.24, 2.45) is 7.05 Å². The summed E-state index contributed by atoms with van der Waals surface area (Å²) in [5.41, 5.74) is 4.14. The van der Waals surface area contributed by atoms with Crippen LogP contribution in [-0.4, -0.2) is 30.9 Å². The van der Waals surface area contributed by atoms with Crippen molar-refractivity contribution in [3.05, 3.63) is 64.7 Å². The second kappa shape index (κ2) is 7.27. The van der Waals surface area contributed by atoms with E-state index < -0.39 is 0 Å². The smallest absolute Gasteiger partial charge is 0.191 e. The number of rotatable bonds is 6. The van der Waals surface area contributed by atoms with Crippen LogP contribution in [0.3, 0.4) is 0 Å². The van der Waals surface area contributed by atoms with Crippen molar-refractivity contribution in [1.82, 2.24) is 19.3 Å². The monoisotopic (exact) mass is 354 g/mol. The van der Waals surface area contributed by atoms with Gasteiger partial charge in [-0.25, -0.2) is 0 Å². The number of aromatic nitrogens is 4. The summed E-state index contributed by atoms with van der Waals surface area (Å²) in [5, 5.41) is 8.89. The van der Waals surface area contributed by atoms with Crippen molar-refractivity contribution in [2.45, 2.75) is 32.5 Å². The van der Waals surface area contributed by atoms with Gasteiger partial charge < -0.3 is 9.13 Å². The minimum atomic E-state index is 0.123. The molecule has 3 rings (SSSR count). The quantitative estimate of drug-likeness (QED) is 0.502. The number of carbonyl (C=O) groups is 1. The molecular weight excluding hydrogens is 332 g/mol. The molecule has 25 heavy (non-hydrogen) atoms. The molecule has 0 aliphatic carbocycles. The van der Waals surface area contributed by atoms with E-state index in [0.29, 0.717) is 5.75 Å². The van der Waals surface area contributed by atoms with Crippen LogP contribution in [0.1, 0.15) is 33.1 Å². The Kier molecular flexibility index (Phi) is 5.08. The Hall–Kier alpha value is -2.34. The molecule has 0 saturated carbocycles. The number of nitrogens with zero attached hydrogens (tertiary/aromatic N) is 4. The molecule has 3 aromatic rings. The average Bonchev–Trinajstić information content (AvgIpc) is 3.08. The summed E-state index contributed by atoms with van der Waals surface area (Å²) in [7, 11) is 1.91. The highest BCUT2D eigenvalue weighted by Crippen LogP contribution is 2.22. The Morgan fingerprint density at radius 2 is 1.84 bits per heavy atom. The van der Waals surface area contributed by atoms with E-state index in [1.165, 1.54) is 17.3 Å². The molecule has 2 heterocycles. The largest absolute Gasteiger partial charge is 0.344 e. The van der Waals surface area contributed by atoms with Crippen molar-refractivity contribution in [2.75, 3.05) is 5.75 Å². The van der Waals surface area contributed by atoms with E-state index in [1.54, 1.807) is 0 Å². The fraction of sp³-hybridized carbons (Fsp3) is 0.316. The summed E-state index contributed by atoms with van der Waals surface area (Å²) in [6, 6.07) is 12.3. The summed E-state index contributed by atoms with van der Waals surface area (Å²) in [5.74, 6) is 1.33. The number of benzene rings is 1. The van der Waals surface area contributed by atoms with Crippen LogP contribution in [-0.2, 0) is 13.6 Å². The summed E-state index contributed by atoms with van der Waals surface area (Å²) < 4.78 is 4.09. The van der Waals surface area contributed by atoms with Crippen LogP contribution in [0.2, 0.25) is 0 Å². The maximum absolute atomic E-state index is 12.7. The molecule has 0 N–H and O–H groups in total. The first kappa shape index (κ1) is 17.5. The molecule has 0 aliphatic heterocycles. The summed E-state index contributed by atoms with van der Waals surface area (Å²) >= 11 is 1.43. The number of hydrogen-bond donors (Lipinski definition) is 0. The highest BCUT2D eigenvalue weighted by atomic mass is 32.2. The SMILES string of the molecule is Cc1nnc(SCC(=O)c2cc(C)n(Cc3ccccc3)c2C)n1C. The lowest BCUT2D eigenvalue weighted by Gasteiger charge is -2.10. The molecule has 0 bridgehead atoms. The van der Waals surface area contributed by atoms with Crippen molar-refractivity contribution in [1.29, 1.82) is 0 Å². The third-order valence-electron chi connectivity index (χ3n) is 4.44. The Morgan fingerprint density at radius 3 is 2.48 bits per heavy atom. The molecule has 2 aromatic heterocycles. The van der Waals surface area contributed by atoms with Gasteiger partial charge in [-0.1, -0.05) is 42.1 Å². The van der Waals surface area contributed by atoms with Gasteiger partial charge in [0.2, 0.25) is 0 Å². The van der Waals surface area contributed by atoms with Gasteiger partial charge in [0, 0.05) is 30.5 Å². The first-order valence-corrected chi connectivity index (χ1v) is 9.18. The zero-order valence-electron chi connectivity index (χ0n) is 15.0. The highest BCUT2D eigenvalue weighted by molar-refractivity contribution is 7.99. The van der Waals surface area contributed by atoms with Crippen LogP contribution in [0.4, 0.5) is 0 Å². The van der Waals surface area contributed by atoms with E-state index in [0.717, 1.165) is 34.5 Å². The van der Waals surface area contributed by atoms with Crippen molar-refractivity contribution in [3.63, 3.8) is 0 Å². The molecule has 0 unspecified atom stereocenters. The second-order valence-corrected chi connectivity index (χ2v) is 7.10. The number of carbonyl (C=O) groups excluding carboxylic acids is 1. The fourth-order valence-electron chi connectivity index (χ4n) is 2.81. The predicted molar refractivity (Wildman–Crippen MR) is 100 cm³/mol. The van der Waals surface area contributed by atoms with Gasteiger partial charge in [0.25, 0.3) is 0 Å². The number of aryl methyl sites for hydroxylation is 2. The first-order valence-electron chi connectivity index (χ1n) is 8.20. The molecule has 6 heteroatoms. The molecular formula is C19H22N4OS. The van der Waals surface area contributed by atoms with Crippen LogP contribution in [0.25, 0.3) is 0 Å². The molecule has 5 nitrogen and oxygen atoms in total. The van der Waals surface area contributed by atoms with Gasteiger partial charge in [0.1, 0.15) is 5.82 Å². The van der Waals surface area contributed by atoms with Gasteiger partial charge in [-0.3, -0.25) is 4.79 Å². The van der Waals surface area contributed by atoms with Crippen LogP contribution in [0, 0.1) is 20.8 Å². The van der Waals surface area contributed by atoms with Gasteiger partial charge in [0.15, 0.2) is 10.9 Å². The third-order valence-corrected chi connectivity index (χ3v) is 5.46. The topological polar surface area (TPSA) is 52.7 Å². The Labute approximate surface area is 152 Å². The predicted octanol–water partition coefficient (Wildman–Crippen LogP) is 3.57. The number of thioether (sulfide) groups is 1. The number of Topliss-reactive ketones (excluding diaryl/α,β-unsaturated/α-hetero) is 1. The van der Waals surface area contributed by atoms with Crippen LogP contribution >= 0.6 is 11.8 Å². The highest BCUT2D eigenvalue weighted by Gasteiger charge is 2.17. The first-order chi connectivity index (χ1) is 12.0. The van der Waals surface area contributed by atoms with Gasteiger partial charge in [-0.2, -0.15) is 0 Å². The Morgan fingerprint density at radius 1 is 1.12 bits per heavy atom. The Balaban J connectivity index is 1.75. The molecule has 1 aromatic carbocycles. The molecule has 130 valence electrons. The van der Waals surface area contributed by atoms with Crippen LogP contribution < -0.4 is 0 Å². The van der Waals surface area contributed by atoms with Crippen molar-refractivity contribution < 1.29 is 4.79 Å². The van der Waals surface area contributed by atoms with E-state index >= 15 is 0 Å². The van der Waals surface area contributed by atoms with Gasteiger partial charge in [-0.15, -0.1) is 10.2 Å². The minimum absolute atomic E-state index is 0.123. The van der Waals surface area contributed by atoms with Gasteiger partial charge >= 0.3 is 0 Å². The molecule has 0 amide bonds. The third kappa shape index (κ3) is 3.69. The Bertz CT molecular complexity index is 896. The fourth-order valence-corrected chi connectivity index (χ4v) is 3.65. The van der Waals surface area contributed by atoms with Crippen molar-refractivity contribution >= 4 is 17.5 Å². The summed E-state index contributed by atoms with van der Waals surface area (Å²) in [6.07, 6.45) is 0. The lowest BCUT2D eigenvalue weighted by atomic mass is 10.2. The van der Waals surface area contributed by atoms with Crippen molar-refractivity contribution in [3.8, 4) is 0 Å². The molecule has 0 spiro atoms. The standard InChI is InChI=1S/C19H22N4OS/c1-13-10-17(14(2)23(13)11-16-8-6-5-7-9-16)18(24)12-25-19-21-20-15(3)22(19)4/h5-10H,11-12H2,1-4H3. The molecule has 0 fully saturated rings. The summed E-state index contributed by atoms with van der Waals surface area (Å²) in [4.78, 5) is 12.7. The zero-order chi connectivity index (χ0) is 18.0. The normalized spacial score (nSPS) is 11.0.